The highest BCUT2D eigenvalue weighted by Gasteiger charge is 2.85. The van der Waals surface area contributed by atoms with Gasteiger partial charge in [-0.1, -0.05) is 76.7 Å². The molecular weight excluding hydrogens is 615 g/mol. The second kappa shape index (κ2) is 9.53. The molecule has 1 saturated carbocycles. The zero-order valence-electron chi connectivity index (χ0n) is 18.5. The van der Waals surface area contributed by atoms with Crippen molar-refractivity contribution < 1.29 is 24.2 Å². The summed E-state index contributed by atoms with van der Waals surface area (Å²) in [6.07, 6.45) is 0. The van der Waals surface area contributed by atoms with Crippen molar-refractivity contribution >= 4 is 104 Å². The van der Waals surface area contributed by atoms with Gasteiger partial charge in [-0.05, 0) is 19.4 Å². The normalized spacial score (nSPS) is 28.3. The number of hydrogen-bond acceptors (Lipinski definition) is 5. The first kappa shape index (κ1) is 27.8. The first-order valence-corrected chi connectivity index (χ1v) is 13.6. The molecule has 192 valence electrons. The Hall–Kier alpha value is -1.19. The smallest absolute Gasteiger partial charge is 0.341 e. The van der Waals surface area contributed by atoms with Gasteiger partial charge in [0.15, 0.2) is 4.33 Å². The summed E-state index contributed by atoms with van der Waals surface area (Å²) >= 11 is 40.0. The van der Waals surface area contributed by atoms with Crippen molar-refractivity contribution in [2.24, 2.45) is 11.8 Å². The van der Waals surface area contributed by atoms with Crippen LogP contribution >= 0.6 is 80.9 Å². The third-order valence-corrected chi connectivity index (χ3v) is 11.6. The summed E-state index contributed by atoms with van der Waals surface area (Å²) in [5.74, 6) is -6.45. The zero-order valence-corrected chi connectivity index (χ0v) is 23.9. The molecule has 0 aliphatic heterocycles. The fourth-order valence-corrected chi connectivity index (χ4v) is 8.80. The zero-order chi connectivity index (χ0) is 26.8. The van der Waals surface area contributed by atoms with E-state index in [1.807, 2.05) is 30.3 Å². The van der Waals surface area contributed by atoms with Crippen LogP contribution in [0.5, 0.6) is 0 Å². The molecule has 0 unspecified atom stereocenters. The lowest BCUT2D eigenvalue weighted by Gasteiger charge is -2.33. The third-order valence-electron chi connectivity index (χ3n) is 6.35. The minimum Gasteiger partial charge on any atom is -0.481 e. The van der Waals surface area contributed by atoms with Crippen molar-refractivity contribution in [1.29, 1.82) is 0 Å². The summed E-state index contributed by atoms with van der Waals surface area (Å²) in [5, 5.41) is 12.1. The number of allylic oxidation sites excluding steroid dienone is 2. The van der Waals surface area contributed by atoms with E-state index in [9.17, 15) is 19.5 Å². The fourth-order valence-electron chi connectivity index (χ4n) is 4.80. The van der Waals surface area contributed by atoms with E-state index in [1.165, 1.54) is 0 Å². The van der Waals surface area contributed by atoms with Crippen LogP contribution < -0.4 is 5.32 Å². The maximum absolute atomic E-state index is 13.7. The number of anilines is 1. The van der Waals surface area contributed by atoms with Crippen LogP contribution in [0.1, 0.15) is 22.2 Å². The Labute approximate surface area is 240 Å². The molecule has 13 heteroatoms. The minimum absolute atomic E-state index is 0.0958. The molecule has 2 aliphatic rings. The maximum atomic E-state index is 13.7. The number of carbonyl (C=O) groups is 3. The fraction of sp³-hybridized carbons (Fsp3) is 0.348. The summed E-state index contributed by atoms with van der Waals surface area (Å²) in [6.45, 7) is 3.53. The van der Waals surface area contributed by atoms with E-state index < -0.39 is 43.8 Å². The molecule has 1 aromatic carbocycles. The number of thiophene rings is 1. The summed E-state index contributed by atoms with van der Waals surface area (Å²) in [4.78, 5) is 35.4. The molecule has 6 nitrogen and oxygen atoms in total. The van der Waals surface area contributed by atoms with Gasteiger partial charge >= 0.3 is 11.9 Å². The van der Waals surface area contributed by atoms with E-state index in [-0.39, 0.29) is 27.2 Å². The summed E-state index contributed by atoms with van der Waals surface area (Å²) in [5.41, 5.74) is 1.40. The third kappa shape index (κ3) is 3.62. The average molecular weight is 632 g/mol. The number of aliphatic carboxylic acids is 1. The predicted octanol–water partition coefficient (Wildman–Crippen LogP) is 7.00. The molecule has 2 aromatic rings. The molecule has 2 N–H and O–H groups in total. The molecule has 36 heavy (non-hydrogen) atoms. The number of fused-ring (bicyclic) bond motifs is 2. The molecule has 2 bridgehead atoms. The van der Waals surface area contributed by atoms with Gasteiger partial charge in [0, 0.05) is 10.4 Å². The van der Waals surface area contributed by atoms with E-state index in [1.54, 1.807) is 13.8 Å². The topological polar surface area (TPSA) is 92.7 Å². The molecule has 2 aliphatic carbocycles. The standard InChI is InChI=1S/C23H17Cl6NO5S/c1-3-35-20(34)12-11(10-7-5-4-6-8-10)9(2)36-18(12)30-17(31)13-14(19(32)33)22(27)16(25)15(24)21(13,26)23(22,28)29/h4-8,13-14H,3H2,1-2H3,(H,30,31)(H,32,33)/t13-,14+,21-,22-/m1/s1. The number of halogens is 6. The number of ether oxygens (including phenoxy) is 1. The van der Waals surface area contributed by atoms with E-state index >= 15 is 0 Å². The number of rotatable bonds is 6. The quantitative estimate of drug-likeness (QED) is 0.265. The largest absolute Gasteiger partial charge is 0.481 e. The second-order valence-corrected chi connectivity index (χ2v) is 12.7. The van der Waals surface area contributed by atoms with Crippen LogP contribution in [0.15, 0.2) is 40.4 Å². The van der Waals surface area contributed by atoms with Crippen molar-refractivity contribution in [3.63, 3.8) is 0 Å². The Morgan fingerprint density at radius 1 is 1.03 bits per heavy atom. The van der Waals surface area contributed by atoms with Crippen molar-refractivity contribution in [3.05, 3.63) is 50.8 Å². The van der Waals surface area contributed by atoms with Gasteiger partial charge in [0.25, 0.3) is 0 Å². The number of esters is 1. The summed E-state index contributed by atoms with van der Waals surface area (Å²) in [6, 6.07) is 9.07. The van der Waals surface area contributed by atoms with E-state index in [4.69, 9.17) is 74.3 Å². The molecule has 1 fully saturated rings. The number of carboxylic acids is 1. The molecule has 4 atom stereocenters. The van der Waals surface area contributed by atoms with Gasteiger partial charge in [-0.2, -0.15) is 0 Å². The molecule has 1 aromatic heterocycles. The molecule has 1 heterocycles. The monoisotopic (exact) mass is 629 g/mol. The van der Waals surface area contributed by atoms with Gasteiger partial charge < -0.3 is 15.2 Å². The summed E-state index contributed by atoms with van der Waals surface area (Å²) in [7, 11) is 0. The van der Waals surface area contributed by atoms with E-state index in [0.717, 1.165) is 16.9 Å². The van der Waals surface area contributed by atoms with Crippen molar-refractivity contribution in [3.8, 4) is 11.1 Å². The van der Waals surface area contributed by atoms with Gasteiger partial charge in [0.2, 0.25) is 5.91 Å². The highest BCUT2D eigenvalue weighted by Crippen LogP contribution is 2.76. The van der Waals surface area contributed by atoms with E-state index in [0.29, 0.717) is 10.4 Å². The van der Waals surface area contributed by atoms with Gasteiger partial charge in [-0.15, -0.1) is 34.5 Å². The van der Waals surface area contributed by atoms with Crippen molar-refractivity contribution in [1.82, 2.24) is 0 Å². The second-order valence-electron chi connectivity index (χ2n) is 8.23. The van der Waals surface area contributed by atoms with Gasteiger partial charge in [-0.3, -0.25) is 9.59 Å². The number of amides is 1. The lowest BCUT2D eigenvalue weighted by molar-refractivity contribution is -0.146. The number of alkyl halides is 4. The Morgan fingerprint density at radius 2 is 1.58 bits per heavy atom. The van der Waals surface area contributed by atoms with Crippen LogP contribution in [0, 0.1) is 18.8 Å². The number of carbonyl (C=O) groups excluding carboxylic acids is 2. The molecule has 1 amide bonds. The molecule has 4 rings (SSSR count). The van der Waals surface area contributed by atoms with Gasteiger partial charge in [0.05, 0.1) is 28.5 Å². The van der Waals surface area contributed by atoms with Gasteiger partial charge in [-0.25, -0.2) is 4.79 Å². The number of nitrogens with one attached hydrogen (secondary N) is 1. The predicted molar refractivity (Wildman–Crippen MR) is 144 cm³/mol. The van der Waals surface area contributed by atoms with E-state index in [2.05, 4.69) is 5.32 Å². The first-order valence-electron chi connectivity index (χ1n) is 10.5. The van der Waals surface area contributed by atoms with Crippen LogP contribution in [0.4, 0.5) is 5.00 Å². The lowest BCUT2D eigenvalue weighted by Crippen LogP contribution is -2.47. The highest BCUT2D eigenvalue weighted by molar-refractivity contribution is 7.17. The Morgan fingerprint density at radius 3 is 2.11 bits per heavy atom. The minimum atomic E-state index is -2.24. The highest BCUT2D eigenvalue weighted by atomic mass is 35.5. The molecular formula is C23H17Cl6NO5S. The lowest BCUT2D eigenvalue weighted by atomic mass is 9.81. The van der Waals surface area contributed by atoms with Gasteiger partial charge in [0.1, 0.15) is 20.3 Å². The molecule has 0 saturated heterocycles. The van der Waals surface area contributed by atoms with Crippen LogP contribution in [0.3, 0.4) is 0 Å². The number of carboxylic acid groups (broad SMARTS) is 1. The maximum Gasteiger partial charge on any atom is 0.341 e. The average Bonchev–Trinajstić information content (AvgIpc) is 3.25. The number of hydrogen-bond donors (Lipinski definition) is 2. The Kier molecular flexibility index (Phi) is 7.37. The van der Waals surface area contributed by atoms with Crippen LogP contribution in [0.25, 0.3) is 11.1 Å². The van der Waals surface area contributed by atoms with Crippen LogP contribution in [-0.2, 0) is 14.3 Å². The Bertz CT molecular complexity index is 1310. The van der Waals surface area contributed by atoms with Crippen molar-refractivity contribution in [2.75, 3.05) is 11.9 Å². The number of benzene rings is 1. The number of aryl methyl sites for hydroxylation is 1. The first-order chi connectivity index (χ1) is 16.8. The summed E-state index contributed by atoms with van der Waals surface area (Å²) < 4.78 is 3.00. The SMILES string of the molecule is CCOC(=O)c1c(NC(=O)[C@H]2[C@@H](C(=O)O)[C@@]3(Cl)C(Cl)=C(Cl)[C@@]2(Cl)C3(Cl)Cl)sc(C)c1-c1ccccc1. The molecule has 0 spiro atoms. The van der Waals surface area contributed by atoms with Crippen molar-refractivity contribution in [2.45, 2.75) is 27.9 Å². The van der Waals surface area contributed by atoms with Crippen LogP contribution in [0.2, 0.25) is 0 Å². The Balaban J connectivity index is 1.84. The van der Waals surface area contributed by atoms with Crippen LogP contribution in [-0.4, -0.2) is 43.6 Å². The molecule has 0 radical (unpaired) electrons.